The predicted molar refractivity (Wildman–Crippen MR) is 69.6 cm³/mol. The van der Waals surface area contributed by atoms with Crippen LogP contribution in [0.15, 0.2) is 0 Å². The zero-order chi connectivity index (χ0) is 11.8. The van der Waals surface area contributed by atoms with E-state index in [1.165, 1.54) is 38.9 Å². The molecule has 2 heteroatoms. The van der Waals surface area contributed by atoms with Gasteiger partial charge >= 0.3 is 0 Å². The van der Waals surface area contributed by atoms with Crippen LogP contribution in [0.25, 0.3) is 0 Å². The molecular weight excluding hydrogens is 196 g/mol. The Morgan fingerprint density at radius 1 is 1.44 bits per heavy atom. The summed E-state index contributed by atoms with van der Waals surface area (Å²) in [7, 11) is 2.25. The molecule has 2 fully saturated rings. The monoisotopic (exact) mass is 224 g/mol. The van der Waals surface area contributed by atoms with Crippen LogP contribution in [0.1, 0.15) is 40.0 Å². The molecule has 2 nitrogen and oxygen atoms in total. The van der Waals surface area contributed by atoms with Gasteiger partial charge in [-0.2, -0.15) is 0 Å². The van der Waals surface area contributed by atoms with Gasteiger partial charge in [-0.3, -0.25) is 0 Å². The molecule has 3 unspecified atom stereocenters. The zero-order valence-electron chi connectivity index (χ0n) is 11.4. The lowest BCUT2D eigenvalue weighted by Gasteiger charge is -2.34. The van der Waals surface area contributed by atoms with Gasteiger partial charge in [0, 0.05) is 12.6 Å². The second kappa shape index (κ2) is 4.66. The first kappa shape index (κ1) is 12.4. The predicted octanol–water partition coefficient (Wildman–Crippen LogP) is 2.35. The third-order valence-electron chi connectivity index (χ3n) is 4.77. The summed E-state index contributed by atoms with van der Waals surface area (Å²) in [6, 6.07) is 0.694. The van der Waals surface area contributed by atoms with E-state index < -0.39 is 0 Å². The van der Waals surface area contributed by atoms with Crippen molar-refractivity contribution in [3.05, 3.63) is 0 Å². The summed E-state index contributed by atoms with van der Waals surface area (Å²) in [5.41, 5.74) is 0.621. The lowest BCUT2D eigenvalue weighted by molar-refractivity contribution is 0.178. The van der Waals surface area contributed by atoms with Gasteiger partial charge in [-0.25, -0.2) is 0 Å². The number of hydrogen-bond acceptors (Lipinski definition) is 2. The molecule has 94 valence electrons. The molecule has 0 aromatic heterocycles. The molecule has 1 aliphatic heterocycles. The first-order valence-electron chi connectivity index (χ1n) is 6.91. The number of rotatable bonds is 4. The Morgan fingerprint density at radius 2 is 2.12 bits per heavy atom. The molecule has 0 aromatic rings. The highest BCUT2D eigenvalue weighted by Gasteiger charge is 2.45. The Kier molecular flexibility index (Phi) is 3.60. The van der Waals surface area contributed by atoms with Gasteiger partial charge in [0.25, 0.3) is 0 Å². The molecule has 0 amide bonds. The molecule has 1 heterocycles. The largest absolute Gasteiger partial charge is 0.314 e. The summed E-state index contributed by atoms with van der Waals surface area (Å²) >= 11 is 0. The summed E-state index contributed by atoms with van der Waals surface area (Å²) in [5, 5.41) is 3.76. The van der Waals surface area contributed by atoms with Crippen molar-refractivity contribution in [1.29, 1.82) is 0 Å². The molecular formula is C14H28N2. The smallest absolute Gasteiger partial charge is 0.00793 e. The van der Waals surface area contributed by atoms with Gasteiger partial charge in [-0.15, -0.1) is 0 Å². The van der Waals surface area contributed by atoms with Crippen LogP contribution in [0.2, 0.25) is 0 Å². The molecule has 2 aliphatic rings. The second-order valence-electron chi connectivity index (χ2n) is 6.75. The number of likely N-dealkylation sites (tertiary alicyclic amines) is 1. The Hall–Kier alpha value is -0.0800. The van der Waals surface area contributed by atoms with Gasteiger partial charge in [0.1, 0.15) is 0 Å². The van der Waals surface area contributed by atoms with Crippen LogP contribution in [0.3, 0.4) is 0 Å². The van der Waals surface area contributed by atoms with E-state index in [9.17, 15) is 0 Å². The minimum absolute atomic E-state index is 0.621. The standard InChI is InChI=1S/C14H28N2/c1-11(12-6-5-7-16(4)10-12)15-9-13-8-14(13,2)3/h11-13,15H,5-10H2,1-4H3. The molecule has 0 bridgehead atoms. The maximum absolute atomic E-state index is 3.76. The molecule has 0 radical (unpaired) electrons. The van der Waals surface area contributed by atoms with Crippen molar-refractivity contribution in [1.82, 2.24) is 10.2 Å². The summed E-state index contributed by atoms with van der Waals surface area (Å²) in [6.07, 6.45) is 4.20. The first-order valence-corrected chi connectivity index (χ1v) is 6.91. The van der Waals surface area contributed by atoms with E-state index in [2.05, 4.69) is 38.0 Å². The normalized spacial score (nSPS) is 36.0. The Labute approximate surface area is 101 Å². The van der Waals surface area contributed by atoms with Crippen molar-refractivity contribution >= 4 is 0 Å². The van der Waals surface area contributed by atoms with Gasteiger partial charge in [-0.1, -0.05) is 13.8 Å². The second-order valence-corrected chi connectivity index (χ2v) is 6.75. The first-order chi connectivity index (χ1) is 7.49. The van der Waals surface area contributed by atoms with Crippen molar-refractivity contribution < 1.29 is 0 Å². The van der Waals surface area contributed by atoms with E-state index in [4.69, 9.17) is 0 Å². The topological polar surface area (TPSA) is 15.3 Å². The van der Waals surface area contributed by atoms with E-state index in [0.717, 1.165) is 11.8 Å². The summed E-state index contributed by atoms with van der Waals surface area (Å²) < 4.78 is 0. The summed E-state index contributed by atoms with van der Waals surface area (Å²) in [5.74, 6) is 1.79. The van der Waals surface area contributed by atoms with Gasteiger partial charge in [-0.05, 0) is 63.6 Å². The quantitative estimate of drug-likeness (QED) is 0.788. The van der Waals surface area contributed by atoms with Gasteiger partial charge in [0.15, 0.2) is 0 Å². The van der Waals surface area contributed by atoms with Crippen molar-refractivity contribution in [3.63, 3.8) is 0 Å². The van der Waals surface area contributed by atoms with Gasteiger partial charge < -0.3 is 10.2 Å². The average molecular weight is 224 g/mol. The maximum Gasteiger partial charge on any atom is 0.00793 e. The molecule has 1 saturated heterocycles. The minimum Gasteiger partial charge on any atom is -0.314 e. The molecule has 1 saturated carbocycles. The van der Waals surface area contributed by atoms with Crippen LogP contribution in [0, 0.1) is 17.3 Å². The number of piperidine rings is 1. The third kappa shape index (κ3) is 2.98. The van der Waals surface area contributed by atoms with Crippen molar-refractivity contribution in [2.45, 2.75) is 46.1 Å². The summed E-state index contributed by atoms with van der Waals surface area (Å²) in [6.45, 7) is 10.9. The van der Waals surface area contributed by atoms with E-state index >= 15 is 0 Å². The van der Waals surface area contributed by atoms with Crippen molar-refractivity contribution in [2.75, 3.05) is 26.7 Å². The zero-order valence-corrected chi connectivity index (χ0v) is 11.4. The van der Waals surface area contributed by atoms with Gasteiger partial charge in [0.2, 0.25) is 0 Å². The molecule has 0 spiro atoms. The van der Waals surface area contributed by atoms with E-state index in [0.29, 0.717) is 11.5 Å². The van der Waals surface area contributed by atoms with Crippen LogP contribution in [0.4, 0.5) is 0 Å². The fourth-order valence-electron chi connectivity index (χ4n) is 3.03. The van der Waals surface area contributed by atoms with E-state index in [-0.39, 0.29) is 0 Å². The van der Waals surface area contributed by atoms with E-state index in [1.807, 2.05) is 0 Å². The van der Waals surface area contributed by atoms with Crippen LogP contribution in [0.5, 0.6) is 0 Å². The molecule has 1 aliphatic carbocycles. The van der Waals surface area contributed by atoms with Crippen molar-refractivity contribution in [3.8, 4) is 0 Å². The number of hydrogen-bond donors (Lipinski definition) is 1. The Bertz CT molecular complexity index is 237. The fraction of sp³-hybridized carbons (Fsp3) is 1.00. The highest BCUT2D eigenvalue weighted by atomic mass is 15.1. The minimum atomic E-state index is 0.621. The average Bonchev–Trinajstić information content (AvgIpc) is 2.83. The van der Waals surface area contributed by atoms with Crippen LogP contribution >= 0.6 is 0 Å². The van der Waals surface area contributed by atoms with Crippen molar-refractivity contribution in [2.24, 2.45) is 17.3 Å². The molecule has 0 aromatic carbocycles. The number of nitrogens with one attached hydrogen (secondary N) is 1. The van der Waals surface area contributed by atoms with Crippen LogP contribution in [-0.4, -0.2) is 37.6 Å². The molecule has 1 N–H and O–H groups in total. The Morgan fingerprint density at radius 3 is 2.69 bits per heavy atom. The summed E-state index contributed by atoms with van der Waals surface area (Å²) in [4.78, 5) is 2.48. The third-order valence-corrected chi connectivity index (χ3v) is 4.77. The highest BCUT2D eigenvalue weighted by molar-refractivity contribution is 4.96. The Balaban J connectivity index is 1.69. The molecule has 16 heavy (non-hydrogen) atoms. The van der Waals surface area contributed by atoms with Crippen LogP contribution in [-0.2, 0) is 0 Å². The maximum atomic E-state index is 3.76. The molecule has 3 atom stereocenters. The van der Waals surface area contributed by atoms with Gasteiger partial charge in [0.05, 0.1) is 0 Å². The van der Waals surface area contributed by atoms with E-state index in [1.54, 1.807) is 0 Å². The SMILES string of the molecule is CC(NCC1CC1(C)C)C1CCCN(C)C1. The highest BCUT2D eigenvalue weighted by Crippen LogP contribution is 2.51. The van der Waals surface area contributed by atoms with Crippen LogP contribution < -0.4 is 5.32 Å². The fourth-order valence-corrected chi connectivity index (χ4v) is 3.03. The lowest BCUT2D eigenvalue weighted by atomic mass is 9.92. The number of nitrogens with zero attached hydrogens (tertiary/aromatic N) is 1. The molecule has 2 rings (SSSR count). The lowest BCUT2D eigenvalue weighted by Crippen LogP contribution is -2.43.